The smallest absolute Gasteiger partial charge is 0.242 e. The molecule has 1 aliphatic heterocycles. The lowest BCUT2D eigenvalue weighted by Gasteiger charge is -2.21. The fourth-order valence-electron chi connectivity index (χ4n) is 3.99. The quantitative estimate of drug-likeness (QED) is 0.397. The maximum absolute atomic E-state index is 13.2. The van der Waals surface area contributed by atoms with Crippen LogP contribution in [-0.2, 0) is 10.0 Å². The first kappa shape index (κ1) is 18.4. The second-order valence-corrected chi connectivity index (χ2v) is 9.52. The van der Waals surface area contributed by atoms with Crippen molar-refractivity contribution in [3.05, 3.63) is 94.5 Å². The van der Waals surface area contributed by atoms with Gasteiger partial charge < -0.3 is 5.11 Å². The Labute approximate surface area is 177 Å². The van der Waals surface area contributed by atoms with E-state index in [-0.39, 0.29) is 10.6 Å². The Morgan fingerprint density at radius 2 is 1.41 bits per heavy atom. The van der Waals surface area contributed by atoms with Crippen LogP contribution < -0.4 is 4.72 Å². The maximum Gasteiger partial charge on any atom is 0.242 e. The zero-order chi connectivity index (χ0) is 20.2. The average molecular weight is 466 g/mol. The summed E-state index contributed by atoms with van der Waals surface area (Å²) in [5.41, 5.74) is 2.76. The number of halogens is 1. The third kappa shape index (κ3) is 2.87. The van der Waals surface area contributed by atoms with Crippen LogP contribution in [0.3, 0.4) is 0 Å². The summed E-state index contributed by atoms with van der Waals surface area (Å²) in [6.07, 6.45) is 0. The van der Waals surface area contributed by atoms with Crippen molar-refractivity contribution in [3.8, 4) is 16.9 Å². The van der Waals surface area contributed by atoms with Gasteiger partial charge in [-0.2, -0.15) is 4.72 Å². The highest BCUT2D eigenvalue weighted by Gasteiger charge is 2.33. The summed E-state index contributed by atoms with van der Waals surface area (Å²) in [4.78, 5) is 0.231. The highest BCUT2D eigenvalue weighted by molar-refractivity contribution is 9.10. The van der Waals surface area contributed by atoms with Crippen molar-refractivity contribution in [2.75, 3.05) is 0 Å². The number of sulfonamides is 1. The molecule has 0 bridgehead atoms. The first-order valence-electron chi connectivity index (χ1n) is 9.08. The van der Waals surface area contributed by atoms with Crippen LogP contribution in [0.15, 0.2) is 88.2 Å². The van der Waals surface area contributed by atoms with Crippen molar-refractivity contribution >= 4 is 36.7 Å². The van der Waals surface area contributed by atoms with Crippen LogP contribution in [0.25, 0.3) is 21.9 Å². The normalized spacial score (nSPS) is 17.3. The maximum atomic E-state index is 13.2. The summed E-state index contributed by atoms with van der Waals surface area (Å²) < 4.78 is 30.0. The molecule has 5 rings (SSSR count). The van der Waals surface area contributed by atoms with E-state index in [0.29, 0.717) is 16.5 Å². The van der Waals surface area contributed by atoms with E-state index in [1.54, 1.807) is 18.2 Å². The molecule has 0 spiro atoms. The van der Waals surface area contributed by atoms with E-state index in [1.807, 2.05) is 60.7 Å². The highest BCUT2D eigenvalue weighted by atomic mass is 79.9. The van der Waals surface area contributed by atoms with Crippen LogP contribution in [-0.4, -0.2) is 13.5 Å². The number of benzene rings is 4. The van der Waals surface area contributed by atoms with Crippen molar-refractivity contribution in [3.63, 3.8) is 0 Å². The lowest BCUT2D eigenvalue weighted by atomic mass is 9.90. The Morgan fingerprint density at radius 3 is 2.21 bits per heavy atom. The number of hydrogen-bond acceptors (Lipinski definition) is 3. The van der Waals surface area contributed by atoms with Gasteiger partial charge in [0.05, 0.1) is 10.9 Å². The van der Waals surface area contributed by atoms with Gasteiger partial charge in [-0.25, -0.2) is 8.42 Å². The minimum atomic E-state index is -3.80. The van der Waals surface area contributed by atoms with Gasteiger partial charge in [0.2, 0.25) is 10.0 Å². The summed E-state index contributed by atoms with van der Waals surface area (Å²) in [6, 6.07) is 23.1. The molecule has 1 aliphatic rings. The van der Waals surface area contributed by atoms with Crippen LogP contribution >= 0.6 is 15.9 Å². The number of aromatic hydroxyl groups is 1. The van der Waals surface area contributed by atoms with Crippen molar-refractivity contribution < 1.29 is 13.5 Å². The minimum Gasteiger partial charge on any atom is -0.507 e. The fourth-order valence-corrected chi connectivity index (χ4v) is 6.00. The molecule has 29 heavy (non-hydrogen) atoms. The predicted octanol–water partition coefficient (Wildman–Crippen LogP) is 5.36. The Balaban J connectivity index is 1.84. The highest BCUT2D eigenvalue weighted by Crippen LogP contribution is 2.44. The van der Waals surface area contributed by atoms with Gasteiger partial charge >= 0.3 is 0 Å². The second-order valence-electron chi connectivity index (χ2n) is 6.98. The minimum absolute atomic E-state index is 0.0669. The first-order chi connectivity index (χ1) is 14.0. The predicted molar refractivity (Wildman–Crippen MR) is 117 cm³/mol. The molecule has 0 aromatic heterocycles. The van der Waals surface area contributed by atoms with Crippen LogP contribution in [0.2, 0.25) is 0 Å². The van der Waals surface area contributed by atoms with Crippen LogP contribution in [0, 0.1) is 0 Å². The van der Waals surface area contributed by atoms with E-state index in [1.165, 1.54) is 0 Å². The molecule has 0 aliphatic carbocycles. The third-order valence-corrected chi connectivity index (χ3v) is 7.45. The van der Waals surface area contributed by atoms with E-state index in [2.05, 4.69) is 20.7 Å². The Kier molecular flexibility index (Phi) is 4.24. The molecule has 0 saturated heterocycles. The van der Waals surface area contributed by atoms with Gasteiger partial charge in [0, 0.05) is 21.0 Å². The lowest BCUT2D eigenvalue weighted by molar-refractivity contribution is 0.469. The van der Waals surface area contributed by atoms with Gasteiger partial charge in [-0.15, -0.1) is 0 Å². The topological polar surface area (TPSA) is 66.4 Å². The molecular weight excluding hydrogens is 450 g/mol. The lowest BCUT2D eigenvalue weighted by Crippen LogP contribution is -2.28. The van der Waals surface area contributed by atoms with Crippen molar-refractivity contribution in [2.45, 2.75) is 10.9 Å². The van der Waals surface area contributed by atoms with E-state index in [9.17, 15) is 13.5 Å². The summed E-state index contributed by atoms with van der Waals surface area (Å²) >= 11 is 3.58. The van der Waals surface area contributed by atoms with Gasteiger partial charge in [-0.05, 0) is 28.6 Å². The van der Waals surface area contributed by atoms with E-state index in [4.69, 9.17) is 0 Å². The Bertz CT molecular complexity index is 1380. The third-order valence-electron chi connectivity index (χ3n) is 5.32. The van der Waals surface area contributed by atoms with Gasteiger partial charge in [0.1, 0.15) is 5.75 Å². The van der Waals surface area contributed by atoms with Crippen LogP contribution in [0.4, 0.5) is 0 Å². The number of fused-ring (bicyclic) bond motifs is 4. The molecule has 0 amide bonds. The number of phenols is 1. The molecule has 4 aromatic carbocycles. The van der Waals surface area contributed by atoms with E-state index in [0.717, 1.165) is 21.0 Å². The molecule has 0 saturated carbocycles. The van der Waals surface area contributed by atoms with Gasteiger partial charge in [-0.3, -0.25) is 0 Å². The molecule has 0 fully saturated rings. The molecule has 6 heteroatoms. The molecule has 144 valence electrons. The van der Waals surface area contributed by atoms with E-state index >= 15 is 0 Å². The second kappa shape index (κ2) is 6.69. The van der Waals surface area contributed by atoms with E-state index < -0.39 is 16.1 Å². The van der Waals surface area contributed by atoms with Gasteiger partial charge in [-0.1, -0.05) is 82.7 Å². The summed E-state index contributed by atoms with van der Waals surface area (Å²) in [5, 5.41) is 12.6. The summed E-state index contributed by atoms with van der Waals surface area (Å²) in [6.45, 7) is 0. The molecule has 2 N–H and O–H groups in total. The van der Waals surface area contributed by atoms with Gasteiger partial charge in [0.25, 0.3) is 0 Å². The average Bonchev–Trinajstić information content (AvgIpc) is 2.84. The largest absolute Gasteiger partial charge is 0.507 e. The van der Waals surface area contributed by atoms with Crippen molar-refractivity contribution in [1.29, 1.82) is 0 Å². The molecule has 4 nitrogen and oxygen atoms in total. The van der Waals surface area contributed by atoms with Crippen molar-refractivity contribution in [1.82, 2.24) is 4.72 Å². The molecule has 4 aromatic rings. The molecule has 1 atom stereocenters. The Hall–Kier alpha value is -2.67. The fraction of sp³-hybridized carbons (Fsp3) is 0.0435. The molecule has 1 heterocycles. The molecule has 0 radical (unpaired) electrons. The SMILES string of the molecule is O=S1(=O)NC(c2cc(Br)c3ccccc3c2O)c2ccccc2-c2ccccc21. The number of nitrogens with one attached hydrogen (secondary N) is 1. The monoisotopic (exact) mass is 465 g/mol. The zero-order valence-electron chi connectivity index (χ0n) is 15.1. The van der Waals surface area contributed by atoms with Crippen molar-refractivity contribution in [2.24, 2.45) is 0 Å². The standard InChI is InChI=1S/C23H16BrNO3S/c24-20-13-19(23(26)18-11-4-2-8-15(18)20)22-17-10-3-1-7-14(17)16-9-5-6-12-21(16)29(27,28)25-22/h1-13,22,25-26H. The Morgan fingerprint density at radius 1 is 0.793 bits per heavy atom. The number of hydrogen-bond donors (Lipinski definition) is 2. The van der Waals surface area contributed by atoms with Crippen LogP contribution in [0.5, 0.6) is 5.75 Å². The van der Waals surface area contributed by atoms with Crippen LogP contribution in [0.1, 0.15) is 17.2 Å². The molecular formula is C23H16BrNO3S. The number of rotatable bonds is 1. The molecule has 1 unspecified atom stereocenters. The number of phenolic OH excluding ortho intramolecular Hbond substituents is 1. The summed E-state index contributed by atoms with van der Waals surface area (Å²) in [7, 11) is -3.80. The first-order valence-corrected chi connectivity index (χ1v) is 11.4. The zero-order valence-corrected chi connectivity index (χ0v) is 17.5. The summed E-state index contributed by atoms with van der Waals surface area (Å²) in [5.74, 6) is 0.0669. The van der Waals surface area contributed by atoms with Gasteiger partial charge in [0.15, 0.2) is 0 Å².